The molecule has 2 aromatic carbocycles. The van der Waals surface area contributed by atoms with Crippen molar-refractivity contribution in [2.45, 2.75) is 18.6 Å². The van der Waals surface area contributed by atoms with Crippen molar-refractivity contribution in [1.29, 1.82) is 0 Å². The van der Waals surface area contributed by atoms with Gasteiger partial charge in [0.15, 0.2) is 5.17 Å². The topological polar surface area (TPSA) is 58.2 Å². The summed E-state index contributed by atoms with van der Waals surface area (Å²) in [5.41, 5.74) is 3.23. The molecule has 0 aliphatic carbocycles. The molecule has 0 bridgehead atoms. The number of benzene rings is 2. The molecule has 1 atom stereocenters. The molecule has 162 valence electrons. The van der Waals surface area contributed by atoms with Crippen molar-refractivity contribution in [3.05, 3.63) is 95.2 Å². The van der Waals surface area contributed by atoms with Gasteiger partial charge in [-0.2, -0.15) is 5.10 Å². The van der Waals surface area contributed by atoms with Crippen LogP contribution in [0, 0.1) is 6.92 Å². The fraction of sp³-hybridized carbons (Fsp3) is 0.160. The summed E-state index contributed by atoms with van der Waals surface area (Å²) in [6.07, 6.45) is 3.87. The van der Waals surface area contributed by atoms with E-state index in [0.717, 1.165) is 11.1 Å². The summed E-state index contributed by atoms with van der Waals surface area (Å²) in [4.78, 5) is 14.5. The Morgan fingerprint density at radius 2 is 2.00 bits per heavy atom. The van der Waals surface area contributed by atoms with Gasteiger partial charge in [0.05, 0.1) is 11.5 Å². The highest BCUT2D eigenvalue weighted by molar-refractivity contribution is 8.15. The first-order valence-electron chi connectivity index (χ1n) is 10.1. The zero-order valence-electron chi connectivity index (χ0n) is 17.6. The van der Waals surface area contributed by atoms with Gasteiger partial charge in [-0.05, 0) is 55.3 Å². The molecule has 0 spiro atoms. The van der Waals surface area contributed by atoms with E-state index in [0.29, 0.717) is 34.7 Å². The maximum Gasteiger partial charge on any atom is 0.242 e. The smallest absolute Gasteiger partial charge is 0.242 e. The molecular formula is C25H22ClN3O2S. The molecule has 4 rings (SSSR count). The Bertz CT molecular complexity index is 1180. The third kappa shape index (κ3) is 5.21. The van der Waals surface area contributed by atoms with Crippen molar-refractivity contribution < 1.29 is 9.21 Å². The summed E-state index contributed by atoms with van der Waals surface area (Å²) in [6, 6.07) is 19.3. The number of furan rings is 1. The Morgan fingerprint density at radius 1 is 1.19 bits per heavy atom. The van der Waals surface area contributed by atoms with Gasteiger partial charge in [-0.1, -0.05) is 59.3 Å². The standard InChI is InChI=1S/C25H22ClN3O2S/c1-3-13-29-24(30)23(15-18-6-4-5-17(2)14-18)32-25(29)28-27-16-21-11-12-22(31-21)19-7-9-20(26)10-8-19/h3-12,14,16,23H,1,13,15H2,2H3/b27-16-,28-25+/t23-/m0/s1. The predicted octanol–water partition coefficient (Wildman–Crippen LogP) is 5.97. The average Bonchev–Trinajstić information content (AvgIpc) is 3.35. The summed E-state index contributed by atoms with van der Waals surface area (Å²) < 4.78 is 5.82. The van der Waals surface area contributed by atoms with E-state index in [1.807, 2.05) is 61.5 Å². The van der Waals surface area contributed by atoms with Gasteiger partial charge in [-0.25, -0.2) is 0 Å². The second-order valence-electron chi connectivity index (χ2n) is 7.37. The first kappa shape index (κ1) is 22.1. The van der Waals surface area contributed by atoms with E-state index < -0.39 is 0 Å². The average molecular weight is 464 g/mol. The maximum atomic E-state index is 12.9. The third-order valence-electron chi connectivity index (χ3n) is 4.92. The van der Waals surface area contributed by atoms with Crippen molar-refractivity contribution >= 4 is 40.7 Å². The van der Waals surface area contributed by atoms with Crippen LogP contribution < -0.4 is 0 Å². The summed E-state index contributed by atoms with van der Waals surface area (Å²) in [5, 5.41) is 9.47. The molecule has 1 saturated heterocycles. The molecular weight excluding hydrogens is 442 g/mol. The van der Waals surface area contributed by atoms with Crippen LogP contribution in [0.2, 0.25) is 5.02 Å². The SMILES string of the molecule is C=CCN1C(=O)[C@H](Cc2cccc(C)c2)S/C1=N/N=C\c1ccc(-c2ccc(Cl)cc2)o1. The molecule has 0 saturated carbocycles. The van der Waals surface area contributed by atoms with Crippen LogP contribution in [-0.4, -0.2) is 34.0 Å². The number of halogens is 1. The van der Waals surface area contributed by atoms with E-state index in [4.69, 9.17) is 16.0 Å². The molecule has 1 amide bonds. The lowest BCUT2D eigenvalue weighted by molar-refractivity contribution is -0.125. The largest absolute Gasteiger partial charge is 0.455 e. The molecule has 7 heteroatoms. The fourth-order valence-electron chi connectivity index (χ4n) is 3.39. The molecule has 1 aromatic heterocycles. The molecule has 1 fully saturated rings. The number of carbonyl (C=O) groups excluding carboxylic acids is 1. The van der Waals surface area contributed by atoms with E-state index in [2.05, 4.69) is 22.8 Å². The fourth-order valence-corrected chi connectivity index (χ4v) is 4.66. The minimum Gasteiger partial charge on any atom is -0.455 e. The van der Waals surface area contributed by atoms with E-state index in [-0.39, 0.29) is 11.2 Å². The number of rotatable bonds is 7. The molecule has 5 nitrogen and oxygen atoms in total. The van der Waals surface area contributed by atoms with Crippen LogP contribution in [0.25, 0.3) is 11.3 Å². The molecule has 0 N–H and O–H groups in total. The van der Waals surface area contributed by atoms with E-state index >= 15 is 0 Å². The van der Waals surface area contributed by atoms with Gasteiger partial charge in [-0.3, -0.25) is 9.69 Å². The summed E-state index contributed by atoms with van der Waals surface area (Å²) in [5.74, 6) is 1.31. The molecule has 3 aromatic rings. The summed E-state index contributed by atoms with van der Waals surface area (Å²) in [6.45, 7) is 6.20. The molecule has 0 radical (unpaired) electrons. The molecule has 1 aliphatic heterocycles. The zero-order chi connectivity index (χ0) is 22.5. The Hall–Kier alpha value is -3.09. The lowest BCUT2D eigenvalue weighted by Gasteiger charge is -2.12. The highest BCUT2D eigenvalue weighted by atomic mass is 35.5. The molecule has 1 aliphatic rings. The van der Waals surface area contributed by atoms with Gasteiger partial charge in [0.25, 0.3) is 0 Å². The van der Waals surface area contributed by atoms with Crippen LogP contribution in [0.15, 0.2) is 87.9 Å². The minimum atomic E-state index is -0.231. The first-order valence-corrected chi connectivity index (χ1v) is 11.4. The van der Waals surface area contributed by atoms with Crippen molar-refractivity contribution in [2.24, 2.45) is 10.2 Å². The van der Waals surface area contributed by atoms with Crippen molar-refractivity contribution in [1.82, 2.24) is 4.90 Å². The lowest BCUT2D eigenvalue weighted by Crippen LogP contribution is -2.32. The Balaban J connectivity index is 1.48. The van der Waals surface area contributed by atoms with Crippen LogP contribution in [0.3, 0.4) is 0 Å². The first-order chi connectivity index (χ1) is 15.5. The predicted molar refractivity (Wildman–Crippen MR) is 132 cm³/mol. The molecule has 0 unspecified atom stereocenters. The van der Waals surface area contributed by atoms with Crippen molar-refractivity contribution in [2.75, 3.05) is 6.54 Å². The van der Waals surface area contributed by atoms with Gasteiger partial charge in [-0.15, -0.1) is 11.7 Å². The van der Waals surface area contributed by atoms with Crippen LogP contribution in [0.4, 0.5) is 0 Å². The third-order valence-corrected chi connectivity index (χ3v) is 6.34. The Kier molecular flexibility index (Phi) is 6.93. The molecule has 32 heavy (non-hydrogen) atoms. The van der Waals surface area contributed by atoms with Crippen LogP contribution in [-0.2, 0) is 11.2 Å². The number of aryl methyl sites for hydroxylation is 1. The monoisotopic (exact) mass is 463 g/mol. The second kappa shape index (κ2) is 10.0. The summed E-state index contributed by atoms with van der Waals surface area (Å²) in [7, 11) is 0. The van der Waals surface area contributed by atoms with Crippen LogP contribution >= 0.6 is 23.4 Å². The number of thioether (sulfide) groups is 1. The minimum absolute atomic E-state index is 0.0216. The number of nitrogens with zero attached hydrogens (tertiary/aromatic N) is 3. The Morgan fingerprint density at radius 3 is 2.75 bits per heavy atom. The van der Waals surface area contributed by atoms with E-state index in [9.17, 15) is 4.79 Å². The number of amides is 1. The van der Waals surface area contributed by atoms with Crippen molar-refractivity contribution in [3.8, 4) is 11.3 Å². The number of hydrogen-bond acceptors (Lipinski definition) is 5. The highest BCUT2D eigenvalue weighted by Crippen LogP contribution is 2.30. The number of carbonyl (C=O) groups is 1. The second-order valence-corrected chi connectivity index (χ2v) is 8.98. The summed E-state index contributed by atoms with van der Waals surface area (Å²) >= 11 is 7.37. The van der Waals surface area contributed by atoms with E-state index in [1.165, 1.54) is 23.5 Å². The Labute approximate surface area is 196 Å². The number of hydrogen-bond donors (Lipinski definition) is 0. The maximum absolute atomic E-state index is 12.9. The quantitative estimate of drug-likeness (QED) is 0.246. The van der Waals surface area contributed by atoms with Gasteiger partial charge in [0, 0.05) is 17.1 Å². The normalized spacial score (nSPS) is 17.6. The van der Waals surface area contributed by atoms with Gasteiger partial charge >= 0.3 is 0 Å². The highest BCUT2D eigenvalue weighted by Gasteiger charge is 2.37. The zero-order valence-corrected chi connectivity index (χ0v) is 19.1. The number of amidine groups is 1. The van der Waals surface area contributed by atoms with Crippen molar-refractivity contribution in [3.63, 3.8) is 0 Å². The van der Waals surface area contributed by atoms with Crippen LogP contribution in [0.1, 0.15) is 16.9 Å². The van der Waals surface area contributed by atoms with Crippen LogP contribution in [0.5, 0.6) is 0 Å². The van der Waals surface area contributed by atoms with E-state index in [1.54, 1.807) is 11.0 Å². The molecule has 2 heterocycles. The van der Waals surface area contributed by atoms with Gasteiger partial charge in [0.2, 0.25) is 5.91 Å². The van der Waals surface area contributed by atoms with Gasteiger partial charge in [0.1, 0.15) is 11.5 Å². The van der Waals surface area contributed by atoms with Gasteiger partial charge < -0.3 is 4.42 Å². The lowest BCUT2D eigenvalue weighted by atomic mass is 10.1.